The van der Waals surface area contributed by atoms with Crippen LogP contribution < -0.4 is 5.32 Å². The van der Waals surface area contributed by atoms with Gasteiger partial charge in [-0.25, -0.2) is 9.50 Å². The predicted octanol–water partition coefficient (Wildman–Crippen LogP) is 2.77. The van der Waals surface area contributed by atoms with Crippen molar-refractivity contribution in [2.75, 3.05) is 5.32 Å². The fourth-order valence-electron chi connectivity index (χ4n) is 2.97. The first-order valence-corrected chi connectivity index (χ1v) is 9.02. The summed E-state index contributed by atoms with van der Waals surface area (Å²) < 4.78 is 43.8. The van der Waals surface area contributed by atoms with Gasteiger partial charge in [0.1, 0.15) is 5.69 Å². The number of carbonyl (C=O) groups excluding carboxylic acids is 1. The topological polar surface area (TPSA) is 94.9 Å². The van der Waals surface area contributed by atoms with Gasteiger partial charge >= 0.3 is 6.18 Å². The van der Waals surface area contributed by atoms with Crippen LogP contribution >= 0.6 is 0 Å². The normalized spacial score (nSPS) is 11.9. The first-order chi connectivity index (χ1) is 14.2. The maximum atomic E-state index is 13.3. The highest BCUT2D eigenvalue weighted by Gasteiger charge is 2.35. The number of aryl methyl sites for hydroxylation is 2. The van der Waals surface area contributed by atoms with Gasteiger partial charge in [-0.3, -0.25) is 14.2 Å². The molecule has 0 aliphatic heterocycles. The van der Waals surface area contributed by atoms with E-state index >= 15 is 0 Å². The van der Waals surface area contributed by atoms with Crippen LogP contribution in [0.15, 0.2) is 36.9 Å². The summed E-state index contributed by atoms with van der Waals surface area (Å²) in [5.74, 6) is -0.662. The molecule has 0 aliphatic rings. The number of alkyl halides is 3. The van der Waals surface area contributed by atoms with Crippen molar-refractivity contribution in [3.8, 4) is 0 Å². The van der Waals surface area contributed by atoms with Crippen molar-refractivity contribution in [1.82, 2.24) is 34.2 Å². The Morgan fingerprint density at radius 3 is 2.60 bits per heavy atom. The zero-order valence-electron chi connectivity index (χ0n) is 16.1. The van der Waals surface area contributed by atoms with E-state index in [2.05, 4.69) is 25.6 Å². The first kappa shape index (κ1) is 19.6. The number of anilines is 1. The van der Waals surface area contributed by atoms with E-state index in [4.69, 9.17) is 0 Å². The van der Waals surface area contributed by atoms with Gasteiger partial charge in [-0.2, -0.15) is 28.5 Å². The highest BCUT2D eigenvalue weighted by Crippen LogP contribution is 2.29. The smallest absolute Gasteiger partial charge is 0.318 e. The van der Waals surface area contributed by atoms with Crippen molar-refractivity contribution >= 4 is 17.2 Å². The van der Waals surface area contributed by atoms with Crippen molar-refractivity contribution in [2.45, 2.75) is 33.1 Å². The average molecular weight is 418 g/mol. The van der Waals surface area contributed by atoms with E-state index in [1.54, 1.807) is 21.8 Å². The van der Waals surface area contributed by atoms with Crippen molar-refractivity contribution in [3.05, 3.63) is 59.6 Å². The van der Waals surface area contributed by atoms with E-state index in [0.717, 1.165) is 18.2 Å². The molecule has 4 aromatic rings. The van der Waals surface area contributed by atoms with Crippen LogP contribution in [0.4, 0.5) is 18.9 Å². The molecule has 0 radical (unpaired) electrons. The summed E-state index contributed by atoms with van der Waals surface area (Å²) in [6.07, 6.45) is 2.05. The van der Waals surface area contributed by atoms with Gasteiger partial charge in [0.15, 0.2) is 11.3 Å². The van der Waals surface area contributed by atoms with Crippen LogP contribution in [0.5, 0.6) is 0 Å². The quantitative estimate of drug-likeness (QED) is 0.538. The molecule has 12 heteroatoms. The molecule has 0 spiro atoms. The summed E-state index contributed by atoms with van der Waals surface area (Å²) in [7, 11) is 0. The molecule has 0 bridgehead atoms. The fraction of sp³-hybridized carbons (Fsp3) is 0.278. The van der Waals surface area contributed by atoms with Gasteiger partial charge in [0.2, 0.25) is 0 Å². The lowest BCUT2D eigenvalue weighted by molar-refractivity contribution is -0.142. The minimum absolute atomic E-state index is 0.0592. The Kier molecular flexibility index (Phi) is 4.76. The van der Waals surface area contributed by atoms with Crippen molar-refractivity contribution in [1.29, 1.82) is 0 Å². The summed E-state index contributed by atoms with van der Waals surface area (Å²) in [6, 6.07) is 2.09. The zero-order valence-corrected chi connectivity index (χ0v) is 16.1. The number of nitrogens with zero attached hydrogens (tertiary/aromatic N) is 7. The number of nitrogens with one attached hydrogen (secondary N) is 1. The summed E-state index contributed by atoms with van der Waals surface area (Å²) in [6.45, 7) is 4.64. The van der Waals surface area contributed by atoms with Crippen LogP contribution in [0, 0.1) is 6.92 Å². The lowest BCUT2D eigenvalue weighted by atomic mass is 10.3. The van der Waals surface area contributed by atoms with Crippen molar-refractivity contribution < 1.29 is 18.0 Å². The molecule has 0 fully saturated rings. The molecule has 0 aliphatic carbocycles. The fourth-order valence-corrected chi connectivity index (χ4v) is 2.97. The van der Waals surface area contributed by atoms with E-state index in [1.165, 1.54) is 19.2 Å². The van der Waals surface area contributed by atoms with Crippen LogP contribution in [0.25, 0.3) is 5.65 Å². The molecule has 0 saturated carbocycles. The van der Waals surface area contributed by atoms with E-state index in [0.29, 0.717) is 16.7 Å². The Bertz CT molecular complexity index is 1220. The lowest BCUT2D eigenvalue weighted by Gasteiger charge is -2.09. The highest BCUT2D eigenvalue weighted by atomic mass is 19.4. The SMILES string of the molecule is CCn1cc(Cn2cc(NC(=O)c3cc4nc(C)cc(C(F)(F)F)n4n3)cn2)cn1. The monoisotopic (exact) mass is 418 g/mol. The van der Waals surface area contributed by atoms with Crippen molar-refractivity contribution in [3.63, 3.8) is 0 Å². The van der Waals surface area contributed by atoms with Gasteiger partial charge in [-0.1, -0.05) is 0 Å². The predicted molar refractivity (Wildman–Crippen MR) is 99.9 cm³/mol. The number of halogens is 3. The zero-order chi connectivity index (χ0) is 21.5. The summed E-state index contributed by atoms with van der Waals surface area (Å²) >= 11 is 0. The molecular formula is C18H17F3N8O. The first-order valence-electron chi connectivity index (χ1n) is 9.02. The molecule has 4 rings (SSSR count). The van der Waals surface area contributed by atoms with Gasteiger partial charge in [0.25, 0.3) is 5.91 Å². The second-order valence-electron chi connectivity index (χ2n) is 6.67. The number of amides is 1. The summed E-state index contributed by atoms with van der Waals surface area (Å²) in [5.41, 5.74) is 0.268. The van der Waals surface area contributed by atoms with Crippen LogP contribution in [-0.2, 0) is 19.3 Å². The molecule has 4 heterocycles. The molecule has 0 atom stereocenters. The standard InChI is InChI=1S/C18H17F3N8O/c1-3-27-8-12(6-22-27)9-28-10-13(7-23-28)25-17(30)14-5-16-24-11(2)4-15(18(19,20)21)29(16)26-14/h4-8,10H,3,9H2,1-2H3,(H,25,30). The molecule has 1 N–H and O–H groups in total. The van der Waals surface area contributed by atoms with E-state index < -0.39 is 17.8 Å². The molecule has 1 amide bonds. The minimum Gasteiger partial charge on any atom is -0.318 e. The Balaban J connectivity index is 1.53. The Labute approximate surface area is 168 Å². The molecular weight excluding hydrogens is 401 g/mol. The highest BCUT2D eigenvalue weighted by molar-refractivity contribution is 6.03. The third-order valence-corrected chi connectivity index (χ3v) is 4.32. The van der Waals surface area contributed by atoms with E-state index in [-0.39, 0.29) is 17.0 Å². The summed E-state index contributed by atoms with van der Waals surface area (Å²) in [4.78, 5) is 16.5. The number of hydrogen-bond donors (Lipinski definition) is 1. The van der Waals surface area contributed by atoms with E-state index in [9.17, 15) is 18.0 Å². The van der Waals surface area contributed by atoms with Crippen molar-refractivity contribution in [2.24, 2.45) is 0 Å². The van der Waals surface area contributed by atoms with E-state index in [1.807, 2.05) is 13.1 Å². The number of fused-ring (bicyclic) bond motifs is 1. The number of hydrogen-bond acceptors (Lipinski definition) is 5. The molecule has 30 heavy (non-hydrogen) atoms. The van der Waals surface area contributed by atoms with Crippen LogP contribution in [0.3, 0.4) is 0 Å². The number of aromatic nitrogens is 7. The van der Waals surface area contributed by atoms with Gasteiger partial charge in [-0.15, -0.1) is 0 Å². The average Bonchev–Trinajstić information content (AvgIpc) is 3.40. The van der Waals surface area contributed by atoms with Crippen LogP contribution in [0.2, 0.25) is 0 Å². The molecule has 156 valence electrons. The van der Waals surface area contributed by atoms with Crippen LogP contribution in [0.1, 0.15) is 34.4 Å². The number of rotatable bonds is 5. The Morgan fingerprint density at radius 1 is 1.13 bits per heavy atom. The van der Waals surface area contributed by atoms with Gasteiger partial charge in [-0.05, 0) is 19.9 Å². The minimum atomic E-state index is -4.63. The summed E-state index contributed by atoms with van der Waals surface area (Å²) in [5, 5.41) is 14.7. The molecule has 0 saturated heterocycles. The molecule has 0 unspecified atom stereocenters. The maximum Gasteiger partial charge on any atom is 0.433 e. The molecule has 0 aromatic carbocycles. The lowest BCUT2D eigenvalue weighted by Crippen LogP contribution is -2.15. The Hall–Kier alpha value is -3.70. The van der Waals surface area contributed by atoms with Gasteiger partial charge < -0.3 is 5.32 Å². The maximum absolute atomic E-state index is 13.3. The molecule has 9 nitrogen and oxygen atoms in total. The Morgan fingerprint density at radius 2 is 1.90 bits per heavy atom. The van der Waals surface area contributed by atoms with Gasteiger partial charge in [0, 0.05) is 36.3 Å². The second kappa shape index (κ2) is 7.28. The largest absolute Gasteiger partial charge is 0.433 e. The third kappa shape index (κ3) is 3.88. The van der Waals surface area contributed by atoms with Gasteiger partial charge in [0.05, 0.1) is 24.6 Å². The second-order valence-corrected chi connectivity index (χ2v) is 6.67. The van der Waals surface area contributed by atoms with Crippen LogP contribution in [-0.4, -0.2) is 40.1 Å². The molecule has 4 aromatic heterocycles. The third-order valence-electron chi connectivity index (χ3n) is 4.32. The number of carbonyl (C=O) groups is 1.